The van der Waals surface area contributed by atoms with Crippen LogP contribution < -0.4 is 16.0 Å². The van der Waals surface area contributed by atoms with E-state index in [4.69, 9.17) is 11.6 Å². The standard InChI is InChI=1S/C17H13ClNP/c18-16-12-7-13-19-17(16)20(14-8-3-1-4-9-14)15-10-5-2-6-11-15/h1-13H. The van der Waals surface area contributed by atoms with E-state index in [-0.39, 0.29) is 0 Å². The third-order valence-corrected chi connectivity index (χ3v) is 5.83. The van der Waals surface area contributed by atoms with E-state index in [1.54, 1.807) is 0 Å². The van der Waals surface area contributed by atoms with Gasteiger partial charge in [0, 0.05) is 14.1 Å². The first-order valence-corrected chi connectivity index (χ1v) is 8.09. The van der Waals surface area contributed by atoms with Crippen LogP contribution in [-0.2, 0) is 0 Å². The maximum Gasteiger partial charge on any atom is 0.0905 e. The van der Waals surface area contributed by atoms with Crippen LogP contribution in [0.4, 0.5) is 0 Å². The monoisotopic (exact) mass is 297 g/mol. The highest BCUT2D eigenvalue weighted by atomic mass is 35.5. The minimum atomic E-state index is -0.710. The van der Waals surface area contributed by atoms with Crippen molar-refractivity contribution in [1.82, 2.24) is 4.98 Å². The lowest BCUT2D eigenvalue weighted by molar-refractivity contribution is 1.39. The van der Waals surface area contributed by atoms with Crippen LogP contribution in [0.5, 0.6) is 0 Å². The molecule has 0 spiro atoms. The quantitative estimate of drug-likeness (QED) is 0.674. The number of hydrogen-bond acceptors (Lipinski definition) is 1. The molecular formula is C17H13ClNP. The van der Waals surface area contributed by atoms with E-state index in [0.29, 0.717) is 0 Å². The summed E-state index contributed by atoms with van der Waals surface area (Å²) in [6.45, 7) is 0. The Morgan fingerprint density at radius 3 is 1.75 bits per heavy atom. The summed E-state index contributed by atoms with van der Waals surface area (Å²) in [4.78, 5) is 4.53. The van der Waals surface area contributed by atoms with Crippen LogP contribution in [0.25, 0.3) is 0 Å². The lowest BCUT2D eigenvalue weighted by Gasteiger charge is -2.18. The topological polar surface area (TPSA) is 12.9 Å². The van der Waals surface area contributed by atoms with Crippen molar-refractivity contribution in [2.75, 3.05) is 0 Å². The molecule has 3 rings (SSSR count). The molecule has 3 heteroatoms. The van der Waals surface area contributed by atoms with E-state index < -0.39 is 7.92 Å². The zero-order chi connectivity index (χ0) is 13.8. The van der Waals surface area contributed by atoms with Gasteiger partial charge in [0.2, 0.25) is 0 Å². The molecule has 0 saturated carbocycles. The second kappa shape index (κ2) is 6.17. The highest BCUT2D eigenvalue weighted by Gasteiger charge is 2.19. The van der Waals surface area contributed by atoms with E-state index in [1.807, 2.05) is 30.5 Å². The van der Waals surface area contributed by atoms with Crippen LogP contribution in [0.3, 0.4) is 0 Å². The van der Waals surface area contributed by atoms with Crippen molar-refractivity contribution >= 4 is 35.6 Å². The van der Waals surface area contributed by atoms with Crippen molar-refractivity contribution in [2.24, 2.45) is 0 Å². The average Bonchev–Trinajstić information content (AvgIpc) is 2.52. The first kappa shape index (κ1) is 13.3. The summed E-state index contributed by atoms with van der Waals surface area (Å²) in [6.07, 6.45) is 1.81. The van der Waals surface area contributed by atoms with Crippen LogP contribution in [0.1, 0.15) is 0 Å². The van der Waals surface area contributed by atoms with Gasteiger partial charge in [-0.25, -0.2) is 0 Å². The minimum Gasteiger partial charge on any atom is -0.254 e. The summed E-state index contributed by atoms with van der Waals surface area (Å²) in [5.41, 5.74) is 0.960. The van der Waals surface area contributed by atoms with Crippen molar-refractivity contribution in [3.05, 3.63) is 84.0 Å². The Morgan fingerprint density at radius 1 is 0.700 bits per heavy atom. The van der Waals surface area contributed by atoms with Crippen LogP contribution in [0.15, 0.2) is 79.0 Å². The maximum absolute atomic E-state index is 6.37. The molecule has 1 heterocycles. The number of aromatic nitrogens is 1. The van der Waals surface area contributed by atoms with Gasteiger partial charge in [0.15, 0.2) is 0 Å². The van der Waals surface area contributed by atoms with Crippen LogP contribution in [-0.4, -0.2) is 4.98 Å². The molecule has 0 aliphatic carbocycles. The molecule has 0 aliphatic rings. The zero-order valence-corrected chi connectivity index (χ0v) is 12.4. The Hall–Kier alpha value is -1.69. The lowest BCUT2D eigenvalue weighted by Crippen LogP contribution is -2.23. The van der Waals surface area contributed by atoms with Gasteiger partial charge >= 0.3 is 0 Å². The van der Waals surface area contributed by atoms with Crippen LogP contribution in [0.2, 0.25) is 5.02 Å². The van der Waals surface area contributed by atoms with Gasteiger partial charge < -0.3 is 0 Å². The van der Waals surface area contributed by atoms with Gasteiger partial charge in [-0.3, -0.25) is 4.98 Å². The number of pyridine rings is 1. The molecule has 0 radical (unpaired) electrons. The fourth-order valence-corrected chi connectivity index (χ4v) is 4.66. The highest BCUT2D eigenvalue weighted by molar-refractivity contribution is 7.79. The minimum absolute atomic E-state index is 0.710. The number of benzene rings is 2. The molecule has 98 valence electrons. The van der Waals surface area contributed by atoms with Crippen LogP contribution >= 0.6 is 19.5 Å². The van der Waals surface area contributed by atoms with E-state index in [9.17, 15) is 0 Å². The van der Waals surface area contributed by atoms with E-state index in [1.165, 1.54) is 10.6 Å². The predicted molar refractivity (Wildman–Crippen MR) is 88.0 cm³/mol. The molecule has 3 aromatic rings. The average molecular weight is 298 g/mol. The molecule has 1 aromatic heterocycles. The largest absolute Gasteiger partial charge is 0.254 e. The van der Waals surface area contributed by atoms with Crippen molar-refractivity contribution in [2.45, 2.75) is 0 Å². The van der Waals surface area contributed by atoms with Crippen LogP contribution in [0, 0.1) is 0 Å². The van der Waals surface area contributed by atoms with Gasteiger partial charge in [0.25, 0.3) is 0 Å². The van der Waals surface area contributed by atoms with Gasteiger partial charge in [-0.1, -0.05) is 72.3 Å². The second-order valence-electron chi connectivity index (χ2n) is 4.32. The smallest absolute Gasteiger partial charge is 0.0905 e. The molecule has 1 nitrogen and oxygen atoms in total. The fourth-order valence-electron chi connectivity index (χ4n) is 2.09. The molecule has 2 aromatic carbocycles. The number of halogens is 1. The predicted octanol–water partition coefficient (Wildman–Crippen LogP) is 3.49. The Balaban J connectivity index is 2.17. The molecule has 0 amide bonds. The van der Waals surface area contributed by atoms with Gasteiger partial charge in [-0.2, -0.15) is 0 Å². The van der Waals surface area contributed by atoms with Crippen molar-refractivity contribution in [1.29, 1.82) is 0 Å². The fraction of sp³-hybridized carbons (Fsp3) is 0. The first-order chi connectivity index (χ1) is 9.86. The van der Waals surface area contributed by atoms with Crippen molar-refractivity contribution in [3.8, 4) is 0 Å². The third kappa shape index (κ3) is 2.75. The Kier molecular flexibility index (Phi) is 4.11. The summed E-state index contributed by atoms with van der Waals surface area (Å²) >= 11 is 6.37. The molecule has 0 unspecified atom stereocenters. The van der Waals surface area contributed by atoms with E-state index >= 15 is 0 Å². The highest BCUT2D eigenvalue weighted by Crippen LogP contribution is 2.34. The zero-order valence-electron chi connectivity index (χ0n) is 10.8. The summed E-state index contributed by atoms with van der Waals surface area (Å²) in [6, 6.07) is 24.6. The van der Waals surface area contributed by atoms with Gasteiger partial charge in [-0.15, -0.1) is 0 Å². The molecule has 0 bridgehead atoms. The SMILES string of the molecule is Clc1cccnc1P(c1ccccc1)c1ccccc1. The normalized spacial score (nSPS) is 10.7. The van der Waals surface area contributed by atoms with E-state index in [2.05, 4.69) is 53.5 Å². The Morgan fingerprint density at radius 2 is 1.25 bits per heavy atom. The molecule has 0 saturated heterocycles. The second-order valence-corrected chi connectivity index (χ2v) is 6.85. The first-order valence-electron chi connectivity index (χ1n) is 6.37. The summed E-state index contributed by atoms with van der Waals surface area (Å²) < 4.78 is 0. The molecular weight excluding hydrogens is 285 g/mol. The van der Waals surface area contributed by atoms with Crippen molar-refractivity contribution < 1.29 is 0 Å². The molecule has 0 fully saturated rings. The number of hydrogen-bond donors (Lipinski definition) is 0. The Labute approximate surface area is 125 Å². The number of rotatable bonds is 3. The lowest BCUT2D eigenvalue weighted by atomic mass is 10.4. The van der Waals surface area contributed by atoms with E-state index in [0.717, 1.165) is 10.5 Å². The molecule has 0 atom stereocenters. The van der Waals surface area contributed by atoms with Crippen molar-refractivity contribution in [3.63, 3.8) is 0 Å². The maximum atomic E-state index is 6.37. The Bertz CT molecular complexity index is 646. The van der Waals surface area contributed by atoms with Gasteiger partial charge in [-0.05, 0) is 22.7 Å². The third-order valence-electron chi connectivity index (χ3n) is 2.98. The molecule has 0 aliphatic heterocycles. The molecule has 0 N–H and O–H groups in total. The van der Waals surface area contributed by atoms with Gasteiger partial charge in [0.05, 0.1) is 10.5 Å². The summed E-state index contributed by atoms with van der Waals surface area (Å²) in [7, 11) is -0.710. The van der Waals surface area contributed by atoms with Gasteiger partial charge in [0.1, 0.15) is 0 Å². The molecule has 20 heavy (non-hydrogen) atoms. The summed E-state index contributed by atoms with van der Waals surface area (Å²) in [5, 5.41) is 3.25. The summed E-state index contributed by atoms with van der Waals surface area (Å²) in [5.74, 6) is 0. The number of nitrogens with zero attached hydrogens (tertiary/aromatic N) is 1.